The maximum absolute atomic E-state index is 5.17. The Morgan fingerprint density at radius 1 is 1.25 bits per heavy atom. The summed E-state index contributed by atoms with van der Waals surface area (Å²) in [6.07, 6.45) is 4.13. The minimum absolute atomic E-state index is 0.789. The van der Waals surface area contributed by atoms with E-state index in [0.29, 0.717) is 0 Å². The molecule has 3 rings (SSSR count). The molecule has 2 fully saturated rings. The Kier molecular flexibility index (Phi) is 2.60. The maximum Gasteiger partial charge on any atom is 0.118 e. The quantitative estimate of drug-likeness (QED) is 0.818. The van der Waals surface area contributed by atoms with Crippen LogP contribution in [0.1, 0.15) is 30.7 Å². The lowest BCUT2D eigenvalue weighted by molar-refractivity contribution is 0.414. The van der Waals surface area contributed by atoms with Gasteiger partial charge in [0.1, 0.15) is 5.75 Å². The van der Waals surface area contributed by atoms with Crippen LogP contribution in [0.25, 0.3) is 0 Å². The Balaban J connectivity index is 1.53. The fourth-order valence-corrected chi connectivity index (χ4v) is 2.34. The van der Waals surface area contributed by atoms with Gasteiger partial charge in [0.15, 0.2) is 0 Å². The molecule has 0 spiro atoms. The second-order valence-corrected chi connectivity index (χ2v) is 5.06. The summed E-state index contributed by atoms with van der Waals surface area (Å²) >= 11 is 0. The van der Waals surface area contributed by atoms with Gasteiger partial charge in [-0.3, -0.25) is 0 Å². The summed E-state index contributed by atoms with van der Waals surface area (Å²) in [7, 11) is 1.72. The second-order valence-electron chi connectivity index (χ2n) is 5.06. The van der Waals surface area contributed by atoms with Gasteiger partial charge in [-0.15, -0.1) is 0 Å². The SMILES string of the molecule is COc1ccc(C2CC2CNC2CC2)cc1. The Bertz CT molecular complexity index is 356. The van der Waals surface area contributed by atoms with Crippen LogP contribution in [-0.2, 0) is 0 Å². The fraction of sp³-hybridized carbons (Fsp3) is 0.571. The molecule has 2 aliphatic rings. The zero-order chi connectivity index (χ0) is 11.0. The van der Waals surface area contributed by atoms with Gasteiger partial charge in [-0.2, -0.15) is 0 Å². The van der Waals surface area contributed by atoms with E-state index in [1.165, 1.54) is 31.4 Å². The molecule has 86 valence electrons. The summed E-state index contributed by atoms with van der Waals surface area (Å²) in [6.45, 7) is 1.21. The molecular formula is C14H19NO. The second kappa shape index (κ2) is 4.10. The molecule has 0 bridgehead atoms. The first-order chi connectivity index (χ1) is 7.86. The van der Waals surface area contributed by atoms with Crippen molar-refractivity contribution in [1.82, 2.24) is 5.32 Å². The van der Waals surface area contributed by atoms with Gasteiger partial charge in [0.2, 0.25) is 0 Å². The molecule has 1 N–H and O–H groups in total. The van der Waals surface area contributed by atoms with Crippen LogP contribution in [-0.4, -0.2) is 19.7 Å². The summed E-state index contributed by atoms with van der Waals surface area (Å²) in [5, 5.41) is 3.62. The monoisotopic (exact) mass is 217 g/mol. The van der Waals surface area contributed by atoms with Gasteiger partial charge in [0, 0.05) is 6.04 Å². The zero-order valence-electron chi connectivity index (χ0n) is 9.78. The Hall–Kier alpha value is -1.02. The van der Waals surface area contributed by atoms with Crippen molar-refractivity contribution in [1.29, 1.82) is 0 Å². The third kappa shape index (κ3) is 2.22. The van der Waals surface area contributed by atoms with Crippen molar-refractivity contribution in [2.75, 3.05) is 13.7 Å². The normalized spacial score (nSPS) is 27.8. The van der Waals surface area contributed by atoms with Gasteiger partial charge in [0.25, 0.3) is 0 Å². The number of hydrogen-bond donors (Lipinski definition) is 1. The number of methoxy groups -OCH3 is 1. The largest absolute Gasteiger partial charge is 0.497 e. The molecule has 1 aromatic carbocycles. The van der Waals surface area contributed by atoms with E-state index in [1.54, 1.807) is 7.11 Å². The van der Waals surface area contributed by atoms with Gasteiger partial charge in [0.05, 0.1) is 7.11 Å². The van der Waals surface area contributed by atoms with Crippen LogP contribution in [0.3, 0.4) is 0 Å². The summed E-state index contributed by atoms with van der Waals surface area (Å²) in [5.74, 6) is 2.61. The summed E-state index contributed by atoms with van der Waals surface area (Å²) in [6, 6.07) is 9.40. The van der Waals surface area contributed by atoms with E-state index >= 15 is 0 Å². The highest BCUT2D eigenvalue weighted by atomic mass is 16.5. The van der Waals surface area contributed by atoms with Gasteiger partial charge >= 0.3 is 0 Å². The number of hydrogen-bond acceptors (Lipinski definition) is 2. The van der Waals surface area contributed by atoms with Gasteiger partial charge in [-0.05, 0) is 55.3 Å². The van der Waals surface area contributed by atoms with Gasteiger partial charge in [-0.25, -0.2) is 0 Å². The molecule has 0 amide bonds. The van der Waals surface area contributed by atoms with Crippen molar-refractivity contribution in [3.63, 3.8) is 0 Å². The van der Waals surface area contributed by atoms with Crippen molar-refractivity contribution in [3.8, 4) is 5.75 Å². The Labute approximate surface area is 97.0 Å². The highest BCUT2D eigenvalue weighted by Gasteiger charge is 2.38. The first-order valence-corrected chi connectivity index (χ1v) is 6.24. The molecule has 0 heterocycles. The minimum Gasteiger partial charge on any atom is -0.497 e. The molecular weight excluding hydrogens is 198 g/mol. The van der Waals surface area contributed by atoms with Crippen molar-refractivity contribution in [2.24, 2.45) is 5.92 Å². The molecule has 0 saturated heterocycles. The predicted molar refractivity (Wildman–Crippen MR) is 64.9 cm³/mol. The highest BCUT2D eigenvalue weighted by molar-refractivity contribution is 5.32. The maximum atomic E-state index is 5.17. The van der Waals surface area contributed by atoms with Crippen molar-refractivity contribution >= 4 is 0 Å². The van der Waals surface area contributed by atoms with E-state index in [1.807, 2.05) is 0 Å². The van der Waals surface area contributed by atoms with Crippen LogP contribution < -0.4 is 10.1 Å². The first-order valence-electron chi connectivity index (χ1n) is 6.24. The molecule has 1 aromatic rings. The molecule has 2 heteroatoms. The molecule has 2 unspecified atom stereocenters. The van der Waals surface area contributed by atoms with Crippen LogP contribution in [0, 0.1) is 5.92 Å². The van der Waals surface area contributed by atoms with E-state index < -0.39 is 0 Å². The molecule has 2 atom stereocenters. The lowest BCUT2D eigenvalue weighted by Crippen LogP contribution is -2.19. The third-order valence-corrected chi connectivity index (χ3v) is 3.71. The van der Waals surface area contributed by atoms with Crippen LogP contribution in [0.15, 0.2) is 24.3 Å². The molecule has 0 aromatic heterocycles. The number of benzene rings is 1. The van der Waals surface area contributed by atoms with Crippen LogP contribution in [0.5, 0.6) is 5.75 Å². The van der Waals surface area contributed by atoms with E-state index in [9.17, 15) is 0 Å². The van der Waals surface area contributed by atoms with E-state index in [4.69, 9.17) is 4.74 Å². The molecule has 2 saturated carbocycles. The minimum atomic E-state index is 0.789. The van der Waals surface area contributed by atoms with Crippen LogP contribution in [0.2, 0.25) is 0 Å². The highest BCUT2D eigenvalue weighted by Crippen LogP contribution is 2.47. The van der Waals surface area contributed by atoms with Gasteiger partial charge < -0.3 is 10.1 Å². The number of nitrogens with one attached hydrogen (secondary N) is 1. The Morgan fingerprint density at radius 2 is 2.00 bits per heavy atom. The van der Waals surface area contributed by atoms with Crippen molar-refractivity contribution in [3.05, 3.63) is 29.8 Å². The molecule has 2 aliphatic carbocycles. The molecule has 0 radical (unpaired) electrons. The zero-order valence-corrected chi connectivity index (χ0v) is 9.78. The smallest absolute Gasteiger partial charge is 0.118 e. The molecule has 2 nitrogen and oxygen atoms in total. The number of rotatable bonds is 5. The van der Waals surface area contributed by atoms with E-state index in [2.05, 4.69) is 29.6 Å². The lowest BCUT2D eigenvalue weighted by atomic mass is 10.1. The van der Waals surface area contributed by atoms with E-state index in [-0.39, 0.29) is 0 Å². The first kappa shape index (κ1) is 10.2. The standard InChI is InChI=1S/C14H19NO/c1-16-13-6-2-10(3-7-13)14-8-11(14)9-15-12-4-5-12/h2-3,6-7,11-12,14-15H,4-5,8-9H2,1H3. The summed E-state index contributed by atoms with van der Waals surface area (Å²) in [5.41, 5.74) is 1.48. The number of ether oxygens (including phenoxy) is 1. The van der Waals surface area contributed by atoms with Crippen LogP contribution in [0.4, 0.5) is 0 Å². The van der Waals surface area contributed by atoms with Crippen molar-refractivity contribution < 1.29 is 4.74 Å². The van der Waals surface area contributed by atoms with Crippen molar-refractivity contribution in [2.45, 2.75) is 31.2 Å². The van der Waals surface area contributed by atoms with E-state index in [0.717, 1.165) is 23.6 Å². The fourth-order valence-electron chi connectivity index (χ4n) is 2.34. The average Bonchev–Trinajstić information content (AvgIpc) is 3.20. The summed E-state index contributed by atoms with van der Waals surface area (Å²) in [4.78, 5) is 0. The molecule has 16 heavy (non-hydrogen) atoms. The average molecular weight is 217 g/mol. The van der Waals surface area contributed by atoms with Gasteiger partial charge in [-0.1, -0.05) is 12.1 Å². The predicted octanol–water partition coefficient (Wildman–Crippen LogP) is 2.55. The third-order valence-electron chi connectivity index (χ3n) is 3.71. The lowest BCUT2D eigenvalue weighted by Gasteiger charge is -2.04. The Morgan fingerprint density at radius 3 is 2.62 bits per heavy atom. The summed E-state index contributed by atoms with van der Waals surface area (Å²) < 4.78 is 5.17. The van der Waals surface area contributed by atoms with Crippen LogP contribution >= 0.6 is 0 Å². The topological polar surface area (TPSA) is 21.3 Å². The molecule has 0 aliphatic heterocycles.